The van der Waals surface area contributed by atoms with Crippen LogP contribution < -0.4 is 0 Å². The second kappa shape index (κ2) is 7.32. The van der Waals surface area contributed by atoms with Crippen molar-refractivity contribution < 1.29 is 4.74 Å². The molecule has 0 radical (unpaired) electrons. The van der Waals surface area contributed by atoms with E-state index < -0.39 is 0 Å². The molecule has 0 aromatic carbocycles. The molecule has 0 bridgehead atoms. The van der Waals surface area contributed by atoms with E-state index in [0.717, 1.165) is 25.4 Å². The van der Waals surface area contributed by atoms with Gasteiger partial charge in [-0.15, -0.1) is 0 Å². The van der Waals surface area contributed by atoms with E-state index in [9.17, 15) is 0 Å². The number of likely N-dealkylation sites (N-methyl/N-ethyl adjacent to an activating group) is 1. The van der Waals surface area contributed by atoms with E-state index in [2.05, 4.69) is 36.7 Å². The molecule has 1 unspecified atom stereocenters. The van der Waals surface area contributed by atoms with Gasteiger partial charge in [0, 0.05) is 25.4 Å². The number of ether oxygens (including phenoxy) is 1. The first kappa shape index (κ1) is 12.1. The maximum absolute atomic E-state index is 5.67. The molecular weight excluding hydrogens is 194 g/mol. The topological polar surface area (TPSA) is 12.5 Å². The van der Waals surface area contributed by atoms with E-state index in [1.54, 1.807) is 0 Å². The van der Waals surface area contributed by atoms with Crippen molar-refractivity contribution in [2.24, 2.45) is 0 Å². The maximum Gasteiger partial charge on any atom is 0.0702 e. The minimum atomic E-state index is 0.457. The van der Waals surface area contributed by atoms with Crippen LogP contribution in [0.15, 0.2) is 12.2 Å². The van der Waals surface area contributed by atoms with E-state index in [1.165, 1.54) is 19.3 Å². The lowest BCUT2D eigenvalue weighted by atomic mass is 10.1. The summed E-state index contributed by atoms with van der Waals surface area (Å²) in [4.78, 5) is 2.30. The predicted octanol–water partition coefficient (Wildman–Crippen LogP) is 1.97. The molecule has 0 N–H and O–H groups in total. The Labute approximate surface area is 92.7 Å². The second-order valence-corrected chi connectivity index (χ2v) is 4.23. The summed E-state index contributed by atoms with van der Waals surface area (Å²) >= 11 is 4.12. The van der Waals surface area contributed by atoms with Crippen LogP contribution in [0, 0.1) is 0 Å². The zero-order valence-electron chi connectivity index (χ0n) is 8.98. The third-order valence-electron chi connectivity index (χ3n) is 2.48. The lowest BCUT2D eigenvalue weighted by Gasteiger charge is -2.26. The van der Waals surface area contributed by atoms with Crippen LogP contribution in [0.5, 0.6) is 0 Å². The fourth-order valence-electron chi connectivity index (χ4n) is 1.70. The van der Waals surface area contributed by atoms with Crippen molar-refractivity contribution in [3.63, 3.8) is 0 Å². The monoisotopic (exact) mass is 215 g/mol. The highest BCUT2D eigenvalue weighted by molar-refractivity contribution is 7.80. The number of hydrogen-bond acceptors (Lipinski definition) is 3. The molecule has 1 fully saturated rings. The first-order chi connectivity index (χ1) is 6.83. The summed E-state index contributed by atoms with van der Waals surface area (Å²) in [5.74, 6) is 0.827. The summed E-state index contributed by atoms with van der Waals surface area (Å²) in [6, 6.07) is 0. The average Bonchev–Trinajstić information content (AvgIpc) is 2.20. The van der Waals surface area contributed by atoms with Crippen molar-refractivity contribution in [3.8, 4) is 0 Å². The summed E-state index contributed by atoms with van der Waals surface area (Å²) < 4.78 is 5.67. The van der Waals surface area contributed by atoms with Gasteiger partial charge in [-0.05, 0) is 26.3 Å². The number of thiol groups is 1. The van der Waals surface area contributed by atoms with Gasteiger partial charge in [-0.3, -0.25) is 0 Å². The Kier molecular flexibility index (Phi) is 6.32. The fraction of sp³-hybridized carbons (Fsp3) is 0.818. The van der Waals surface area contributed by atoms with Gasteiger partial charge in [-0.25, -0.2) is 0 Å². The zero-order chi connectivity index (χ0) is 10.2. The zero-order valence-corrected chi connectivity index (χ0v) is 9.88. The van der Waals surface area contributed by atoms with Gasteiger partial charge in [0.05, 0.1) is 6.10 Å². The quantitative estimate of drug-likeness (QED) is 0.556. The predicted molar refractivity (Wildman–Crippen MR) is 64.1 cm³/mol. The molecule has 1 aliphatic heterocycles. The molecule has 2 nitrogen and oxygen atoms in total. The van der Waals surface area contributed by atoms with Crippen LogP contribution >= 0.6 is 12.6 Å². The van der Waals surface area contributed by atoms with Crippen molar-refractivity contribution in [3.05, 3.63) is 12.2 Å². The first-order valence-corrected chi connectivity index (χ1v) is 6.02. The highest BCUT2D eigenvalue weighted by atomic mass is 32.1. The van der Waals surface area contributed by atoms with Gasteiger partial charge < -0.3 is 9.64 Å². The molecule has 0 spiro atoms. The molecular formula is C11H21NOS. The highest BCUT2D eigenvalue weighted by Gasteiger charge is 2.14. The van der Waals surface area contributed by atoms with Gasteiger partial charge in [0.1, 0.15) is 0 Å². The van der Waals surface area contributed by atoms with Crippen LogP contribution in [0.25, 0.3) is 0 Å². The van der Waals surface area contributed by atoms with Crippen LogP contribution in [0.2, 0.25) is 0 Å². The van der Waals surface area contributed by atoms with Gasteiger partial charge in [-0.2, -0.15) is 12.6 Å². The fourth-order valence-corrected chi connectivity index (χ4v) is 1.85. The average molecular weight is 215 g/mol. The van der Waals surface area contributed by atoms with Gasteiger partial charge in [-0.1, -0.05) is 12.2 Å². The molecule has 1 saturated heterocycles. The maximum atomic E-state index is 5.67. The van der Waals surface area contributed by atoms with Crippen molar-refractivity contribution in [2.75, 3.05) is 32.5 Å². The van der Waals surface area contributed by atoms with E-state index in [4.69, 9.17) is 4.74 Å². The molecule has 0 aromatic heterocycles. The molecule has 0 aliphatic carbocycles. The Bertz CT molecular complexity index is 167. The molecule has 1 heterocycles. The van der Waals surface area contributed by atoms with Gasteiger partial charge in [0.2, 0.25) is 0 Å². The highest BCUT2D eigenvalue weighted by Crippen LogP contribution is 2.13. The van der Waals surface area contributed by atoms with Crippen LogP contribution in [0.1, 0.15) is 19.3 Å². The lowest BCUT2D eigenvalue weighted by Crippen LogP contribution is -2.33. The van der Waals surface area contributed by atoms with Crippen LogP contribution in [0.3, 0.4) is 0 Å². The van der Waals surface area contributed by atoms with Gasteiger partial charge in [0.15, 0.2) is 0 Å². The standard InChI is InChI=1S/C11H21NOS/c1-12(7-3-5-9-14)10-11-6-2-4-8-13-11/h3,5,11,14H,2,4,6-10H2,1H3. The van der Waals surface area contributed by atoms with E-state index in [1.807, 2.05) is 0 Å². The molecule has 0 amide bonds. The minimum Gasteiger partial charge on any atom is -0.377 e. The number of hydrogen-bond donors (Lipinski definition) is 1. The third-order valence-corrected chi connectivity index (χ3v) is 2.69. The molecule has 0 saturated carbocycles. The third kappa shape index (κ3) is 5.03. The summed E-state index contributed by atoms with van der Waals surface area (Å²) in [6.45, 7) is 3.00. The Morgan fingerprint density at radius 1 is 1.43 bits per heavy atom. The van der Waals surface area contributed by atoms with Crippen LogP contribution in [-0.4, -0.2) is 43.5 Å². The molecule has 1 aliphatic rings. The van der Waals surface area contributed by atoms with Crippen molar-refractivity contribution in [2.45, 2.75) is 25.4 Å². The number of nitrogens with zero attached hydrogens (tertiary/aromatic N) is 1. The Morgan fingerprint density at radius 2 is 2.29 bits per heavy atom. The van der Waals surface area contributed by atoms with Crippen molar-refractivity contribution >= 4 is 12.6 Å². The Balaban J connectivity index is 2.11. The Hall–Kier alpha value is 0.01000. The van der Waals surface area contributed by atoms with Crippen molar-refractivity contribution in [1.82, 2.24) is 4.90 Å². The summed E-state index contributed by atoms with van der Waals surface area (Å²) in [5, 5.41) is 0. The molecule has 14 heavy (non-hydrogen) atoms. The molecule has 3 heteroatoms. The molecule has 1 atom stereocenters. The first-order valence-electron chi connectivity index (χ1n) is 5.39. The largest absolute Gasteiger partial charge is 0.377 e. The van der Waals surface area contributed by atoms with Crippen LogP contribution in [0.4, 0.5) is 0 Å². The normalized spacial score (nSPS) is 23.5. The summed E-state index contributed by atoms with van der Waals surface area (Å²) in [7, 11) is 2.14. The summed E-state index contributed by atoms with van der Waals surface area (Å²) in [6.07, 6.45) is 8.49. The lowest BCUT2D eigenvalue weighted by molar-refractivity contribution is 0.000192. The molecule has 0 aromatic rings. The smallest absolute Gasteiger partial charge is 0.0702 e. The Morgan fingerprint density at radius 3 is 2.93 bits per heavy atom. The minimum absolute atomic E-state index is 0.457. The second-order valence-electron chi connectivity index (χ2n) is 3.86. The SMILES string of the molecule is CN(CC=CCS)CC1CCCCO1. The van der Waals surface area contributed by atoms with Gasteiger partial charge in [0.25, 0.3) is 0 Å². The van der Waals surface area contributed by atoms with E-state index in [0.29, 0.717) is 6.10 Å². The van der Waals surface area contributed by atoms with E-state index in [-0.39, 0.29) is 0 Å². The van der Waals surface area contributed by atoms with Crippen molar-refractivity contribution in [1.29, 1.82) is 0 Å². The van der Waals surface area contributed by atoms with Crippen LogP contribution in [-0.2, 0) is 4.74 Å². The molecule has 82 valence electrons. The molecule has 1 rings (SSSR count). The van der Waals surface area contributed by atoms with E-state index >= 15 is 0 Å². The number of rotatable bonds is 5. The summed E-state index contributed by atoms with van der Waals surface area (Å²) in [5.41, 5.74) is 0. The van der Waals surface area contributed by atoms with Gasteiger partial charge >= 0.3 is 0 Å².